The third-order valence-corrected chi connectivity index (χ3v) is 5.93. The largest absolute Gasteiger partial charge is 0.573 e. The van der Waals surface area contributed by atoms with Crippen LogP contribution in [0.25, 0.3) is 10.9 Å². The number of phenols is 1. The second-order valence-electron chi connectivity index (χ2n) is 8.20. The van der Waals surface area contributed by atoms with Crippen LogP contribution < -0.4 is 10.1 Å². The third-order valence-electron chi connectivity index (χ3n) is 5.93. The van der Waals surface area contributed by atoms with Gasteiger partial charge in [0.25, 0.3) is 0 Å². The topological polar surface area (TPSA) is 57.6 Å². The van der Waals surface area contributed by atoms with Gasteiger partial charge in [-0.25, -0.2) is 0 Å². The van der Waals surface area contributed by atoms with E-state index in [4.69, 9.17) is 0 Å². The third kappa shape index (κ3) is 4.22. The molecular formula is C21H26F3N3O2. The molecule has 1 fully saturated rings. The number of phenolic OH excluding ortho intramolecular Hbond substituents is 1. The Balaban J connectivity index is 1.68. The molecule has 1 aromatic heterocycles. The van der Waals surface area contributed by atoms with E-state index in [9.17, 15) is 18.3 Å². The fraction of sp³-hybridized carbons (Fsp3) is 0.571. The number of alkyl halides is 3. The van der Waals surface area contributed by atoms with Crippen LogP contribution in [0.3, 0.4) is 0 Å². The first-order valence-corrected chi connectivity index (χ1v) is 10.2. The van der Waals surface area contributed by atoms with Crippen molar-refractivity contribution in [2.45, 2.75) is 64.4 Å². The summed E-state index contributed by atoms with van der Waals surface area (Å²) in [5, 5.41) is 14.4. The number of hydrogen-bond acceptors (Lipinski definition) is 5. The van der Waals surface area contributed by atoms with Crippen molar-refractivity contribution in [3.8, 4) is 11.5 Å². The van der Waals surface area contributed by atoms with Gasteiger partial charge in [-0.2, -0.15) is 0 Å². The molecule has 4 rings (SSSR count). The summed E-state index contributed by atoms with van der Waals surface area (Å²) in [7, 11) is 0. The predicted molar refractivity (Wildman–Crippen MR) is 105 cm³/mol. The highest BCUT2D eigenvalue weighted by atomic mass is 19.4. The van der Waals surface area contributed by atoms with E-state index in [1.807, 2.05) is 0 Å². The number of nitrogens with one attached hydrogen (secondary N) is 1. The molecule has 1 aromatic carbocycles. The molecule has 2 aromatic rings. The molecule has 5 nitrogen and oxygen atoms in total. The first-order valence-electron chi connectivity index (χ1n) is 10.2. The van der Waals surface area contributed by atoms with Gasteiger partial charge in [0, 0.05) is 48.0 Å². The fourth-order valence-corrected chi connectivity index (χ4v) is 4.41. The van der Waals surface area contributed by atoms with Crippen molar-refractivity contribution in [2.75, 3.05) is 18.4 Å². The van der Waals surface area contributed by atoms with E-state index in [-0.39, 0.29) is 6.04 Å². The van der Waals surface area contributed by atoms with Crippen LogP contribution in [0.15, 0.2) is 12.1 Å². The van der Waals surface area contributed by atoms with Gasteiger partial charge in [0.15, 0.2) is 11.5 Å². The van der Waals surface area contributed by atoms with Gasteiger partial charge < -0.3 is 20.1 Å². The van der Waals surface area contributed by atoms with Crippen LogP contribution in [-0.2, 0) is 12.8 Å². The number of piperidine rings is 1. The Bertz CT molecular complexity index is 906. The number of aromatic hydroxyl groups is 1. The normalized spacial score (nSPS) is 18.4. The zero-order valence-electron chi connectivity index (χ0n) is 16.6. The number of benzene rings is 1. The van der Waals surface area contributed by atoms with Crippen molar-refractivity contribution in [2.24, 2.45) is 0 Å². The molecule has 0 saturated carbocycles. The second kappa shape index (κ2) is 7.55. The van der Waals surface area contributed by atoms with E-state index < -0.39 is 17.9 Å². The standard InChI is InChI=1S/C21H26F3N3O2/c1-12(2)27-8-6-13(7-9-27)25-20-14-4-3-5-16(14)26-17-11-19(29-21(22,23)24)18(28)10-15(17)20/h10-13,28H,3-9H2,1-2H3,(H,25,26). The average Bonchev–Trinajstić information content (AvgIpc) is 3.10. The Morgan fingerprint density at radius 3 is 2.59 bits per heavy atom. The summed E-state index contributed by atoms with van der Waals surface area (Å²) >= 11 is 0. The summed E-state index contributed by atoms with van der Waals surface area (Å²) in [6.07, 6.45) is -0.213. The smallest absolute Gasteiger partial charge is 0.504 e. The molecule has 1 aliphatic carbocycles. The average molecular weight is 409 g/mol. The number of fused-ring (bicyclic) bond motifs is 2. The number of anilines is 1. The SMILES string of the molecule is CC(C)N1CCC(Nc2c3c(nc4cc(OC(F)(F)F)c(O)cc24)CCC3)CC1. The quantitative estimate of drug-likeness (QED) is 0.772. The lowest BCUT2D eigenvalue weighted by atomic mass is 10.0. The van der Waals surface area contributed by atoms with Crippen molar-refractivity contribution in [1.29, 1.82) is 0 Å². The number of aryl methyl sites for hydroxylation is 1. The Hall–Kier alpha value is -2.22. The molecule has 8 heteroatoms. The summed E-state index contributed by atoms with van der Waals surface area (Å²) < 4.78 is 41.9. The van der Waals surface area contributed by atoms with E-state index >= 15 is 0 Å². The summed E-state index contributed by atoms with van der Waals surface area (Å²) in [5.41, 5.74) is 3.35. The first-order chi connectivity index (χ1) is 13.7. The zero-order chi connectivity index (χ0) is 20.8. The van der Waals surface area contributed by atoms with Gasteiger partial charge in [-0.05, 0) is 57.6 Å². The number of halogens is 3. The zero-order valence-corrected chi connectivity index (χ0v) is 16.6. The minimum absolute atomic E-state index is 0.286. The number of pyridine rings is 1. The molecule has 0 radical (unpaired) electrons. The highest BCUT2D eigenvalue weighted by molar-refractivity contribution is 5.96. The molecular weight excluding hydrogens is 383 g/mol. The highest BCUT2D eigenvalue weighted by Crippen LogP contribution is 2.41. The van der Waals surface area contributed by atoms with E-state index in [2.05, 4.69) is 33.8 Å². The van der Waals surface area contributed by atoms with Crippen molar-refractivity contribution < 1.29 is 23.0 Å². The lowest BCUT2D eigenvalue weighted by Crippen LogP contribution is -2.42. The predicted octanol–water partition coefficient (Wildman–Crippen LogP) is 4.61. The minimum atomic E-state index is -4.87. The van der Waals surface area contributed by atoms with Gasteiger partial charge in [-0.1, -0.05) is 0 Å². The lowest BCUT2D eigenvalue weighted by Gasteiger charge is -2.35. The van der Waals surface area contributed by atoms with Gasteiger partial charge in [0.1, 0.15) is 0 Å². The Kier molecular flexibility index (Phi) is 5.23. The Morgan fingerprint density at radius 2 is 1.93 bits per heavy atom. The molecule has 2 N–H and O–H groups in total. The monoisotopic (exact) mass is 409 g/mol. The molecule has 0 unspecified atom stereocenters. The highest BCUT2D eigenvalue weighted by Gasteiger charge is 2.33. The molecule has 0 bridgehead atoms. The summed E-state index contributed by atoms with van der Waals surface area (Å²) in [6, 6.07) is 3.33. The number of ether oxygens (including phenoxy) is 1. The fourth-order valence-electron chi connectivity index (χ4n) is 4.41. The maximum atomic E-state index is 12.6. The van der Waals surface area contributed by atoms with Gasteiger partial charge in [0.2, 0.25) is 0 Å². The number of aromatic nitrogens is 1. The summed E-state index contributed by atoms with van der Waals surface area (Å²) in [4.78, 5) is 7.01. The number of rotatable bonds is 4. The van der Waals surface area contributed by atoms with Crippen molar-refractivity contribution in [3.63, 3.8) is 0 Å². The molecule has 2 heterocycles. The van der Waals surface area contributed by atoms with Crippen LogP contribution in [0, 0.1) is 0 Å². The first kappa shape index (κ1) is 20.1. The van der Waals surface area contributed by atoms with Crippen molar-refractivity contribution in [1.82, 2.24) is 9.88 Å². The maximum Gasteiger partial charge on any atom is 0.573 e. The minimum Gasteiger partial charge on any atom is -0.504 e. The molecule has 29 heavy (non-hydrogen) atoms. The van der Waals surface area contributed by atoms with Gasteiger partial charge in [0.05, 0.1) is 5.52 Å². The summed E-state index contributed by atoms with van der Waals surface area (Å²) in [6.45, 7) is 6.41. The van der Waals surface area contributed by atoms with Gasteiger partial charge >= 0.3 is 6.36 Å². The van der Waals surface area contributed by atoms with Crippen LogP contribution >= 0.6 is 0 Å². The molecule has 2 aliphatic rings. The van der Waals surface area contributed by atoms with Crippen LogP contribution in [0.4, 0.5) is 18.9 Å². The molecule has 158 valence electrons. The number of likely N-dealkylation sites (tertiary alicyclic amines) is 1. The van der Waals surface area contributed by atoms with Crippen LogP contribution in [0.2, 0.25) is 0 Å². The summed E-state index contributed by atoms with van der Waals surface area (Å²) in [5.74, 6) is -1.15. The Labute approximate surface area is 167 Å². The van der Waals surface area contributed by atoms with Crippen molar-refractivity contribution in [3.05, 3.63) is 23.4 Å². The van der Waals surface area contributed by atoms with E-state index in [0.717, 1.165) is 62.1 Å². The van der Waals surface area contributed by atoms with Crippen molar-refractivity contribution >= 4 is 16.6 Å². The van der Waals surface area contributed by atoms with E-state index in [0.29, 0.717) is 16.9 Å². The van der Waals surface area contributed by atoms with Crippen LogP contribution in [0.1, 0.15) is 44.4 Å². The van der Waals surface area contributed by atoms with Crippen LogP contribution in [-0.4, -0.2) is 46.5 Å². The molecule has 0 atom stereocenters. The lowest BCUT2D eigenvalue weighted by molar-refractivity contribution is -0.275. The van der Waals surface area contributed by atoms with E-state index in [1.54, 1.807) is 0 Å². The number of nitrogens with zero attached hydrogens (tertiary/aromatic N) is 2. The van der Waals surface area contributed by atoms with Gasteiger partial charge in [-0.15, -0.1) is 13.2 Å². The molecule has 1 aliphatic heterocycles. The van der Waals surface area contributed by atoms with Gasteiger partial charge in [-0.3, -0.25) is 4.98 Å². The van der Waals surface area contributed by atoms with E-state index in [1.165, 1.54) is 12.1 Å². The maximum absolute atomic E-state index is 12.6. The molecule has 0 amide bonds. The number of hydrogen-bond donors (Lipinski definition) is 2. The van der Waals surface area contributed by atoms with Crippen LogP contribution in [0.5, 0.6) is 11.5 Å². The molecule has 1 saturated heterocycles. The Morgan fingerprint density at radius 1 is 1.21 bits per heavy atom. The molecule has 0 spiro atoms. The second-order valence-corrected chi connectivity index (χ2v) is 8.20.